The summed E-state index contributed by atoms with van der Waals surface area (Å²) in [5.41, 5.74) is 0.955. The summed E-state index contributed by atoms with van der Waals surface area (Å²) in [6.45, 7) is 4.80. The van der Waals surface area contributed by atoms with Crippen LogP contribution in [-0.4, -0.2) is 16.5 Å². The smallest absolute Gasteiger partial charge is 0.222 e. The summed E-state index contributed by atoms with van der Waals surface area (Å²) < 4.78 is 0.944. The van der Waals surface area contributed by atoms with Crippen LogP contribution >= 0.6 is 15.9 Å². The van der Waals surface area contributed by atoms with Crippen LogP contribution in [0.3, 0.4) is 0 Å². The lowest BCUT2D eigenvalue weighted by atomic mass is 10.5. The molecule has 1 aromatic rings. The number of nitrogens with zero attached hydrogens (tertiary/aromatic N) is 2. The summed E-state index contributed by atoms with van der Waals surface area (Å²) in [5, 5.41) is 3.03. The van der Waals surface area contributed by atoms with Crippen molar-refractivity contribution in [3.8, 4) is 0 Å². The number of hydrogen-bond donors (Lipinski definition) is 1. The van der Waals surface area contributed by atoms with E-state index in [1.165, 1.54) is 0 Å². The van der Waals surface area contributed by atoms with Crippen molar-refractivity contribution in [3.05, 3.63) is 16.4 Å². The Labute approximate surface area is 74.4 Å². The third-order valence-electron chi connectivity index (χ3n) is 1.25. The number of anilines is 1. The molecule has 0 aliphatic carbocycles. The van der Waals surface area contributed by atoms with Gasteiger partial charge < -0.3 is 5.32 Å². The van der Waals surface area contributed by atoms with Gasteiger partial charge in [-0.2, -0.15) is 0 Å². The highest BCUT2D eigenvalue weighted by molar-refractivity contribution is 9.10. The minimum atomic E-state index is 0.688. The van der Waals surface area contributed by atoms with E-state index in [-0.39, 0.29) is 0 Å². The Morgan fingerprint density at radius 1 is 1.64 bits per heavy atom. The molecule has 0 amide bonds. The Morgan fingerprint density at radius 3 is 2.91 bits per heavy atom. The Kier molecular flexibility index (Phi) is 2.82. The van der Waals surface area contributed by atoms with Crippen LogP contribution in [0.25, 0.3) is 0 Å². The molecular weight excluding hydrogens is 206 g/mol. The van der Waals surface area contributed by atoms with E-state index in [0.717, 1.165) is 16.7 Å². The third kappa shape index (κ3) is 2.15. The Bertz CT molecular complexity index is 249. The van der Waals surface area contributed by atoms with Gasteiger partial charge in [0.25, 0.3) is 0 Å². The van der Waals surface area contributed by atoms with E-state index in [4.69, 9.17) is 0 Å². The van der Waals surface area contributed by atoms with E-state index in [1.807, 2.05) is 13.8 Å². The first-order valence-electron chi connectivity index (χ1n) is 3.47. The summed E-state index contributed by atoms with van der Waals surface area (Å²) in [4.78, 5) is 8.25. The van der Waals surface area contributed by atoms with Gasteiger partial charge in [-0.05, 0) is 29.8 Å². The highest BCUT2D eigenvalue weighted by atomic mass is 79.9. The van der Waals surface area contributed by atoms with Crippen LogP contribution in [0.1, 0.15) is 12.6 Å². The van der Waals surface area contributed by atoms with Crippen LogP contribution in [0.15, 0.2) is 10.7 Å². The minimum absolute atomic E-state index is 0.688. The van der Waals surface area contributed by atoms with Crippen LogP contribution in [0.5, 0.6) is 0 Å². The predicted octanol–water partition coefficient (Wildman–Crippen LogP) is 1.98. The fraction of sp³-hybridized carbons (Fsp3) is 0.429. The molecule has 0 aliphatic heterocycles. The summed E-state index contributed by atoms with van der Waals surface area (Å²) in [5.74, 6) is 0.688. The topological polar surface area (TPSA) is 37.8 Å². The molecule has 0 atom stereocenters. The molecule has 0 saturated carbocycles. The molecule has 0 saturated heterocycles. The van der Waals surface area contributed by atoms with Gasteiger partial charge in [-0.1, -0.05) is 0 Å². The van der Waals surface area contributed by atoms with Gasteiger partial charge in [0.05, 0.1) is 10.2 Å². The highest BCUT2D eigenvalue weighted by Gasteiger charge is 1.97. The van der Waals surface area contributed by atoms with Crippen molar-refractivity contribution in [2.75, 3.05) is 11.9 Å². The second kappa shape index (κ2) is 3.67. The van der Waals surface area contributed by atoms with Gasteiger partial charge in [0.15, 0.2) is 0 Å². The summed E-state index contributed by atoms with van der Waals surface area (Å²) >= 11 is 3.33. The molecule has 1 heterocycles. The van der Waals surface area contributed by atoms with Crippen molar-refractivity contribution in [1.29, 1.82) is 0 Å². The van der Waals surface area contributed by atoms with Gasteiger partial charge in [0, 0.05) is 12.7 Å². The average Bonchev–Trinajstić information content (AvgIpc) is 1.98. The lowest BCUT2D eigenvalue weighted by Crippen LogP contribution is -2.02. The number of nitrogens with one attached hydrogen (secondary N) is 1. The molecule has 0 fully saturated rings. The van der Waals surface area contributed by atoms with Crippen molar-refractivity contribution in [3.63, 3.8) is 0 Å². The maximum atomic E-state index is 4.19. The predicted molar refractivity (Wildman–Crippen MR) is 48.6 cm³/mol. The molecule has 1 N–H and O–H groups in total. The second-order valence-corrected chi connectivity index (χ2v) is 3.01. The summed E-state index contributed by atoms with van der Waals surface area (Å²) in [6.07, 6.45) is 1.75. The largest absolute Gasteiger partial charge is 0.354 e. The molecule has 0 bridgehead atoms. The van der Waals surface area contributed by atoms with Crippen LogP contribution < -0.4 is 5.32 Å². The maximum absolute atomic E-state index is 4.19. The van der Waals surface area contributed by atoms with E-state index in [9.17, 15) is 0 Å². The molecule has 0 aliphatic rings. The Balaban J connectivity index is 2.86. The normalized spacial score (nSPS) is 9.73. The molecule has 0 unspecified atom stereocenters. The molecule has 11 heavy (non-hydrogen) atoms. The van der Waals surface area contributed by atoms with E-state index < -0.39 is 0 Å². The molecule has 0 aromatic carbocycles. The first-order valence-corrected chi connectivity index (χ1v) is 4.26. The van der Waals surface area contributed by atoms with Crippen LogP contribution in [0.4, 0.5) is 5.95 Å². The van der Waals surface area contributed by atoms with E-state index in [2.05, 4.69) is 31.2 Å². The molecule has 1 rings (SSSR count). The van der Waals surface area contributed by atoms with Crippen LogP contribution in [-0.2, 0) is 0 Å². The lowest BCUT2D eigenvalue weighted by Gasteiger charge is -2.01. The van der Waals surface area contributed by atoms with Crippen molar-refractivity contribution in [2.45, 2.75) is 13.8 Å². The summed E-state index contributed by atoms with van der Waals surface area (Å²) in [7, 11) is 0. The van der Waals surface area contributed by atoms with Crippen molar-refractivity contribution >= 4 is 21.9 Å². The zero-order chi connectivity index (χ0) is 8.27. The van der Waals surface area contributed by atoms with E-state index in [1.54, 1.807) is 6.20 Å². The number of halogens is 1. The van der Waals surface area contributed by atoms with Gasteiger partial charge in [0.1, 0.15) is 0 Å². The van der Waals surface area contributed by atoms with Gasteiger partial charge in [-0.15, -0.1) is 0 Å². The fourth-order valence-corrected chi connectivity index (χ4v) is 0.887. The number of aromatic nitrogens is 2. The van der Waals surface area contributed by atoms with Crippen molar-refractivity contribution in [1.82, 2.24) is 9.97 Å². The summed E-state index contributed by atoms with van der Waals surface area (Å²) in [6, 6.07) is 0. The quantitative estimate of drug-likeness (QED) is 0.821. The fourth-order valence-electron chi connectivity index (χ4n) is 0.696. The van der Waals surface area contributed by atoms with Gasteiger partial charge in [-0.3, -0.25) is 0 Å². The third-order valence-corrected chi connectivity index (χ3v) is 2.03. The van der Waals surface area contributed by atoms with Crippen molar-refractivity contribution < 1.29 is 0 Å². The average molecular weight is 216 g/mol. The maximum Gasteiger partial charge on any atom is 0.222 e. The van der Waals surface area contributed by atoms with Gasteiger partial charge in [0.2, 0.25) is 5.95 Å². The molecule has 3 nitrogen and oxygen atoms in total. The van der Waals surface area contributed by atoms with Crippen LogP contribution in [0, 0.1) is 6.92 Å². The first-order chi connectivity index (χ1) is 5.24. The number of aryl methyl sites for hydroxylation is 1. The number of hydrogen-bond acceptors (Lipinski definition) is 3. The SMILES string of the molecule is CCNc1ncc(Br)c(C)n1. The number of rotatable bonds is 2. The molecule has 4 heteroatoms. The Hall–Kier alpha value is -0.640. The molecular formula is C7H10BrN3. The molecule has 0 spiro atoms. The lowest BCUT2D eigenvalue weighted by molar-refractivity contribution is 1.04. The highest BCUT2D eigenvalue weighted by Crippen LogP contribution is 2.12. The van der Waals surface area contributed by atoms with Gasteiger partial charge >= 0.3 is 0 Å². The van der Waals surface area contributed by atoms with E-state index >= 15 is 0 Å². The standard InChI is InChI=1S/C7H10BrN3/c1-3-9-7-10-4-6(8)5(2)11-7/h4H,3H2,1-2H3,(H,9,10,11). The Morgan fingerprint density at radius 2 is 2.36 bits per heavy atom. The van der Waals surface area contributed by atoms with E-state index in [0.29, 0.717) is 5.95 Å². The first kappa shape index (κ1) is 8.46. The van der Waals surface area contributed by atoms with Crippen LogP contribution in [0.2, 0.25) is 0 Å². The second-order valence-electron chi connectivity index (χ2n) is 2.16. The minimum Gasteiger partial charge on any atom is -0.354 e. The molecule has 1 aromatic heterocycles. The monoisotopic (exact) mass is 215 g/mol. The van der Waals surface area contributed by atoms with Crippen molar-refractivity contribution in [2.24, 2.45) is 0 Å². The molecule has 0 radical (unpaired) electrons. The van der Waals surface area contributed by atoms with Gasteiger partial charge in [-0.25, -0.2) is 9.97 Å². The zero-order valence-electron chi connectivity index (χ0n) is 6.56. The zero-order valence-corrected chi connectivity index (χ0v) is 8.14. The molecule has 60 valence electrons.